The average Bonchev–Trinajstić information content (AvgIpc) is 2.74. The molecule has 0 aromatic heterocycles. The number of nitrogens with zero attached hydrogens (tertiary/aromatic N) is 2. The molecule has 4 rings (SSSR count). The van der Waals surface area contributed by atoms with Gasteiger partial charge in [-0.05, 0) is 60.0 Å². The number of halogens is 4. The van der Waals surface area contributed by atoms with E-state index in [1.165, 1.54) is 11.1 Å². The van der Waals surface area contributed by atoms with E-state index in [9.17, 15) is 0 Å². The van der Waals surface area contributed by atoms with Crippen molar-refractivity contribution in [1.29, 1.82) is 0 Å². The average molecular weight is 480 g/mol. The highest BCUT2D eigenvalue weighted by Crippen LogP contribution is 2.36. The predicted octanol–water partition coefficient (Wildman–Crippen LogP) is 7.41. The number of anilines is 1. The first kappa shape index (κ1) is 21.8. The minimum Gasteiger partial charge on any atom is -0.361 e. The van der Waals surface area contributed by atoms with Crippen LogP contribution in [0.15, 0.2) is 66.7 Å². The van der Waals surface area contributed by atoms with E-state index in [-0.39, 0.29) is 6.04 Å². The van der Waals surface area contributed by atoms with Crippen LogP contribution < -0.4 is 4.90 Å². The van der Waals surface area contributed by atoms with Crippen molar-refractivity contribution in [2.24, 2.45) is 0 Å². The summed E-state index contributed by atoms with van der Waals surface area (Å²) >= 11 is 24.8. The fraction of sp³-hybridized carbons (Fsp3) is 0.250. The molecule has 1 aliphatic rings. The Morgan fingerprint density at radius 3 is 2.03 bits per heavy atom. The summed E-state index contributed by atoms with van der Waals surface area (Å²) in [6.07, 6.45) is 0.992. The maximum atomic E-state index is 6.56. The lowest BCUT2D eigenvalue weighted by Crippen LogP contribution is -2.49. The van der Waals surface area contributed by atoms with Crippen molar-refractivity contribution < 1.29 is 0 Å². The summed E-state index contributed by atoms with van der Waals surface area (Å²) in [5.41, 5.74) is 3.53. The van der Waals surface area contributed by atoms with Crippen molar-refractivity contribution in [3.05, 3.63) is 97.9 Å². The van der Waals surface area contributed by atoms with E-state index in [0.717, 1.165) is 48.3 Å². The molecule has 1 heterocycles. The molecule has 30 heavy (non-hydrogen) atoms. The Kier molecular flexibility index (Phi) is 7.12. The van der Waals surface area contributed by atoms with Gasteiger partial charge in [0.05, 0.1) is 16.8 Å². The molecule has 1 atom stereocenters. The van der Waals surface area contributed by atoms with Crippen molar-refractivity contribution in [2.45, 2.75) is 12.5 Å². The van der Waals surface area contributed by atoms with Crippen LogP contribution in [0.2, 0.25) is 20.1 Å². The maximum absolute atomic E-state index is 6.56. The first-order valence-electron chi connectivity index (χ1n) is 9.93. The molecule has 6 heteroatoms. The third-order valence-corrected chi connectivity index (χ3v) is 6.61. The van der Waals surface area contributed by atoms with Crippen LogP contribution in [0.3, 0.4) is 0 Å². The van der Waals surface area contributed by atoms with E-state index in [4.69, 9.17) is 46.4 Å². The van der Waals surface area contributed by atoms with Crippen LogP contribution in [-0.2, 0) is 6.42 Å². The molecule has 0 amide bonds. The van der Waals surface area contributed by atoms with Gasteiger partial charge in [0.25, 0.3) is 0 Å². The molecule has 1 aliphatic heterocycles. The second kappa shape index (κ2) is 9.80. The van der Waals surface area contributed by atoms with Gasteiger partial charge in [-0.2, -0.15) is 0 Å². The highest BCUT2D eigenvalue weighted by Gasteiger charge is 2.29. The number of piperazine rings is 1. The van der Waals surface area contributed by atoms with Crippen LogP contribution >= 0.6 is 46.4 Å². The molecule has 0 saturated carbocycles. The van der Waals surface area contributed by atoms with E-state index in [1.807, 2.05) is 42.5 Å². The van der Waals surface area contributed by atoms with Crippen molar-refractivity contribution in [2.75, 3.05) is 31.1 Å². The van der Waals surface area contributed by atoms with Gasteiger partial charge in [-0.1, -0.05) is 70.7 Å². The van der Waals surface area contributed by atoms with Gasteiger partial charge in [-0.3, -0.25) is 4.90 Å². The molecule has 0 bridgehead atoms. The van der Waals surface area contributed by atoms with Crippen molar-refractivity contribution in [3.8, 4) is 0 Å². The minimum absolute atomic E-state index is 0.180. The fourth-order valence-corrected chi connectivity index (χ4v) is 4.72. The summed E-state index contributed by atoms with van der Waals surface area (Å²) in [5.74, 6) is 0. The molecule has 1 fully saturated rings. The van der Waals surface area contributed by atoms with E-state index < -0.39 is 0 Å². The molecule has 0 N–H and O–H groups in total. The zero-order chi connectivity index (χ0) is 21.1. The molecule has 0 aliphatic carbocycles. The van der Waals surface area contributed by atoms with Crippen molar-refractivity contribution in [1.82, 2.24) is 4.90 Å². The Bertz CT molecular complexity index is 989. The first-order valence-corrected chi connectivity index (χ1v) is 11.4. The van der Waals surface area contributed by atoms with Crippen LogP contribution in [0.4, 0.5) is 5.69 Å². The zero-order valence-electron chi connectivity index (χ0n) is 16.4. The normalized spacial score (nSPS) is 17.3. The Morgan fingerprint density at radius 2 is 1.37 bits per heavy atom. The molecular formula is C24H22Cl4N2. The van der Waals surface area contributed by atoms with E-state index in [1.54, 1.807) is 0 Å². The standard InChI is InChI=1S/C24H22Cl4N2/c25-19-5-1-17(2-6-19)11-12-29-13-14-30(23-10-9-21(27)15-22(23)28)24(16-29)18-3-7-20(26)8-4-18/h1-10,15,24H,11-14,16H2. The maximum Gasteiger partial charge on any atom is 0.0670 e. The fourth-order valence-electron chi connectivity index (χ4n) is 3.95. The molecule has 0 spiro atoms. The summed E-state index contributed by atoms with van der Waals surface area (Å²) in [7, 11) is 0. The topological polar surface area (TPSA) is 6.48 Å². The Balaban J connectivity index is 1.55. The molecular weight excluding hydrogens is 458 g/mol. The third-order valence-electron chi connectivity index (χ3n) is 5.57. The van der Waals surface area contributed by atoms with Crippen molar-refractivity contribution in [3.63, 3.8) is 0 Å². The highest BCUT2D eigenvalue weighted by atomic mass is 35.5. The Hall–Kier alpha value is -1.42. The molecule has 2 nitrogen and oxygen atoms in total. The van der Waals surface area contributed by atoms with Gasteiger partial charge in [0.1, 0.15) is 0 Å². The summed E-state index contributed by atoms with van der Waals surface area (Å²) in [6.45, 7) is 3.76. The Morgan fingerprint density at radius 1 is 0.733 bits per heavy atom. The third kappa shape index (κ3) is 5.25. The van der Waals surface area contributed by atoms with Crippen LogP contribution in [0.1, 0.15) is 17.2 Å². The molecule has 3 aromatic carbocycles. The van der Waals surface area contributed by atoms with Gasteiger partial charge >= 0.3 is 0 Å². The second-order valence-corrected chi connectivity index (χ2v) is 9.25. The number of hydrogen-bond acceptors (Lipinski definition) is 2. The number of benzene rings is 3. The molecule has 1 saturated heterocycles. The highest BCUT2D eigenvalue weighted by molar-refractivity contribution is 6.36. The van der Waals surface area contributed by atoms with Crippen LogP contribution in [0.25, 0.3) is 0 Å². The molecule has 1 unspecified atom stereocenters. The SMILES string of the molecule is Clc1ccc(CCN2CCN(c3ccc(Cl)cc3Cl)C(c3ccc(Cl)cc3)C2)cc1. The van der Waals surface area contributed by atoms with Gasteiger partial charge in [0.15, 0.2) is 0 Å². The predicted molar refractivity (Wildman–Crippen MR) is 130 cm³/mol. The number of hydrogen-bond donors (Lipinski definition) is 0. The van der Waals surface area contributed by atoms with E-state index in [2.05, 4.69) is 34.1 Å². The largest absolute Gasteiger partial charge is 0.361 e. The smallest absolute Gasteiger partial charge is 0.0670 e. The van der Waals surface area contributed by atoms with Gasteiger partial charge in [0.2, 0.25) is 0 Å². The summed E-state index contributed by atoms with van der Waals surface area (Å²) in [4.78, 5) is 4.88. The Labute approximate surface area is 197 Å². The van der Waals surface area contributed by atoms with E-state index >= 15 is 0 Å². The van der Waals surface area contributed by atoms with Gasteiger partial charge in [-0.15, -0.1) is 0 Å². The quantitative estimate of drug-likeness (QED) is 0.376. The molecule has 156 valence electrons. The summed E-state index contributed by atoms with van der Waals surface area (Å²) in [6, 6.07) is 22.1. The van der Waals surface area contributed by atoms with Crippen LogP contribution in [0, 0.1) is 0 Å². The van der Waals surface area contributed by atoms with Crippen LogP contribution in [0.5, 0.6) is 0 Å². The number of rotatable bonds is 5. The molecule has 3 aromatic rings. The van der Waals surface area contributed by atoms with E-state index in [0.29, 0.717) is 10.0 Å². The lowest BCUT2D eigenvalue weighted by atomic mass is 10.0. The van der Waals surface area contributed by atoms with Gasteiger partial charge < -0.3 is 4.90 Å². The monoisotopic (exact) mass is 478 g/mol. The molecule has 0 radical (unpaired) electrons. The van der Waals surface area contributed by atoms with Crippen molar-refractivity contribution >= 4 is 52.1 Å². The van der Waals surface area contributed by atoms with Gasteiger partial charge in [0, 0.05) is 41.2 Å². The second-order valence-electron chi connectivity index (χ2n) is 7.53. The summed E-state index contributed by atoms with van der Waals surface area (Å²) < 4.78 is 0. The lowest BCUT2D eigenvalue weighted by molar-refractivity contribution is 0.226. The lowest BCUT2D eigenvalue weighted by Gasteiger charge is -2.43. The summed E-state index contributed by atoms with van der Waals surface area (Å²) in [5, 5.41) is 2.84. The zero-order valence-corrected chi connectivity index (χ0v) is 19.4. The minimum atomic E-state index is 0.180. The van der Waals surface area contributed by atoms with Gasteiger partial charge in [-0.25, -0.2) is 0 Å². The first-order chi connectivity index (χ1) is 14.5. The van der Waals surface area contributed by atoms with Crippen LogP contribution in [-0.4, -0.2) is 31.1 Å².